The normalized spacial score (nSPS) is 11.6. The van der Waals surface area contributed by atoms with Crippen LogP contribution in [0.15, 0.2) is 209 Å². The van der Waals surface area contributed by atoms with Gasteiger partial charge in [0.1, 0.15) is 16.7 Å². The van der Waals surface area contributed by atoms with Gasteiger partial charge in [-0.25, -0.2) is 0 Å². The smallest absolute Gasteiger partial charge is 0.159 e. The van der Waals surface area contributed by atoms with Gasteiger partial charge in [-0.3, -0.25) is 0 Å². The largest absolute Gasteiger partial charge is 0.456 e. The van der Waals surface area contributed by atoms with Crippen LogP contribution in [0.4, 0.5) is 17.1 Å². The van der Waals surface area contributed by atoms with Crippen LogP contribution < -0.4 is 4.90 Å². The molecule has 0 spiro atoms. The molecule has 2 aromatic heterocycles. The Hall–Kier alpha value is -7.36. The topological polar surface area (TPSA) is 29.5 Å². The summed E-state index contributed by atoms with van der Waals surface area (Å²) < 4.78 is 13.0. The van der Waals surface area contributed by atoms with Gasteiger partial charge in [-0.05, 0) is 105 Å². The number of fused-ring (bicyclic) bond motifs is 7. The van der Waals surface area contributed by atoms with Crippen molar-refractivity contribution in [3.05, 3.63) is 200 Å². The van der Waals surface area contributed by atoms with Crippen LogP contribution in [0.5, 0.6) is 0 Å². The SMILES string of the molecule is c1cc(-c2ccc(N(c3ccc4c(c3)oc3ccccc34)c3cccc4c3oc3ccccc34)cc2)cc(-c2cccc(-c3ccc4ccccc4c3)c2)c1. The van der Waals surface area contributed by atoms with E-state index >= 15 is 0 Å². The number of benzene rings is 9. The fourth-order valence-electron chi connectivity index (χ4n) is 8.12. The highest BCUT2D eigenvalue weighted by Gasteiger charge is 2.21. The highest BCUT2D eigenvalue weighted by atomic mass is 16.3. The van der Waals surface area contributed by atoms with Gasteiger partial charge in [-0.15, -0.1) is 0 Å². The van der Waals surface area contributed by atoms with Gasteiger partial charge in [0.15, 0.2) is 5.58 Å². The Bertz CT molecular complexity index is 3220. The standard InChI is InChI=1S/C52H33NO2/c1-2-11-36-31-41(23-22-34(36)10-1)40-15-8-14-39(32-40)38-13-7-12-37(30-38)35-24-26-42(27-25-35)53(43-28-29-46-44-16-3-5-20-49(44)54-51(46)33-43)48-19-9-18-47-45-17-4-6-21-50(45)55-52(47)48/h1-33H. The average molecular weight is 704 g/mol. The van der Waals surface area contributed by atoms with Crippen molar-refractivity contribution >= 4 is 71.7 Å². The lowest BCUT2D eigenvalue weighted by molar-refractivity contribution is 0.667. The van der Waals surface area contributed by atoms with E-state index in [2.05, 4.69) is 181 Å². The molecule has 55 heavy (non-hydrogen) atoms. The molecule has 0 aliphatic carbocycles. The van der Waals surface area contributed by atoms with Crippen LogP contribution in [0, 0.1) is 0 Å². The molecule has 0 amide bonds. The first-order chi connectivity index (χ1) is 27.2. The molecule has 0 atom stereocenters. The molecule has 0 radical (unpaired) electrons. The van der Waals surface area contributed by atoms with E-state index in [4.69, 9.17) is 8.83 Å². The molecule has 0 saturated heterocycles. The lowest BCUT2D eigenvalue weighted by Crippen LogP contribution is -2.10. The minimum absolute atomic E-state index is 0.844. The van der Waals surface area contributed by atoms with Crippen molar-refractivity contribution < 1.29 is 8.83 Å². The second kappa shape index (κ2) is 12.6. The van der Waals surface area contributed by atoms with Gasteiger partial charge < -0.3 is 13.7 Å². The summed E-state index contributed by atoms with van der Waals surface area (Å²) in [6, 6.07) is 71.0. The van der Waals surface area contributed by atoms with Crippen LogP contribution >= 0.6 is 0 Å². The maximum absolute atomic E-state index is 6.58. The molecule has 0 bridgehead atoms. The van der Waals surface area contributed by atoms with Crippen LogP contribution in [0.25, 0.3) is 88.0 Å². The lowest BCUT2D eigenvalue weighted by atomic mass is 9.95. The summed E-state index contributed by atoms with van der Waals surface area (Å²) in [6.45, 7) is 0. The minimum atomic E-state index is 0.844. The molecule has 258 valence electrons. The molecule has 0 fully saturated rings. The van der Waals surface area contributed by atoms with Gasteiger partial charge in [-0.1, -0.05) is 133 Å². The Morgan fingerprint density at radius 2 is 0.818 bits per heavy atom. The molecule has 0 saturated carbocycles. The molecule has 2 heterocycles. The summed E-state index contributed by atoms with van der Waals surface area (Å²) >= 11 is 0. The van der Waals surface area contributed by atoms with Crippen molar-refractivity contribution in [1.82, 2.24) is 0 Å². The van der Waals surface area contributed by atoms with E-state index in [-0.39, 0.29) is 0 Å². The quantitative estimate of drug-likeness (QED) is 0.173. The van der Waals surface area contributed by atoms with Crippen molar-refractivity contribution in [3.8, 4) is 33.4 Å². The molecule has 3 nitrogen and oxygen atoms in total. The Kier molecular flexibility index (Phi) is 7.17. The van der Waals surface area contributed by atoms with Crippen molar-refractivity contribution in [1.29, 1.82) is 0 Å². The average Bonchev–Trinajstić information content (AvgIpc) is 3.83. The van der Waals surface area contributed by atoms with Gasteiger partial charge in [0, 0.05) is 33.3 Å². The first-order valence-electron chi connectivity index (χ1n) is 18.7. The Morgan fingerprint density at radius 1 is 0.291 bits per heavy atom. The second-order valence-corrected chi connectivity index (χ2v) is 14.1. The highest BCUT2D eigenvalue weighted by molar-refractivity contribution is 6.11. The Balaban J connectivity index is 0.988. The number of hydrogen-bond donors (Lipinski definition) is 0. The fourth-order valence-corrected chi connectivity index (χ4v) is 8.12. The van der Waals surface area contributed by atoms with Gasteiger partial charge in [0.25, 0.3) is 0 Å². The van der Waals surface area contributed by atoms with Crippen molar-refractivity contribution in [2.75, 3.05) is 4.90 Å². The molecule has 11 aromatic rings. The molecule has 0 aliphatic heterocycles. The summed E-state index contributed by atoms with van der Waals surface area (Å²) in [4.78, 5) is 2.27. The van der Waals surface area contributed by atoms with Gasteiger partial charge in [-0.2, -0.15) is 0 Å². The first kappa shape index (κ1) is 31.2. The molecule has 0 aliphatic rings. The maximum Gasteiger partial charge on any atom is 0.159 e. The van der Waals surface area contributed by atoms with E-state index in [0.29, 0.717) is 0 Å². The molecule has 0 N–H and O–H groups in total. The number of hydrogen-bond acceptors (Lipinski definition) is 3. The van der Waals surface area contributed by atoms with Crippen molar-refractivity contribution in [3.63, 3.8) is 0 Å². The van der Waals surface area contributed by atoms with Gasteiger partial charge >= 0.3 is 0 Å². The van der Waals surface area contributed by atoms with Crippen LogP contribution in [0.2, 0.25) is 0 Å². The summed E-state index contributed by atoms with van der Waals surface area (Å²) in [7, 11) is 0. The third kappa shape index (κ3) is 5.36. The predicted octanol–water partition coefficient (Wildman–Crippen LogP) is 15.1. The first-order valence-corrected chi connectivity index (χ1v) is 18.7. The zero-order valence-corrected chi connectivity index (χ0v) is 29.8. The van der Waals surface area contributed by atoms with Crippen LogP contribution in [-0.2, 0) is 0 Å². The highest BCUT2D eigenvalue weighted by Crippen LogP contribution is 2.44. The number of para-hydroxylation sites is 3. The van der Waals surface area contributed by atoms with E-state index in [1.807, 2.05) is 24.3 Å². The minimum Gasteiger partial charge on any atom is -0.456 e. The van der Waals surface area contributed by atoms with E-state index in [1.54, 1.807) is 0 Å². The number of furan rings is 2. The molecular weight excluding hydrogens is 671 g/mol. The van der Waals surface area contributed by atoms with Crippen molar-refractivity contribution in [2.45, 2.75) is 0 Å². The summed E-state index contributed by atoms with van der Waals surface area (Å²) in [5.74, 6) is 0. The summed E-state index contributed by atoms with van der Waals surface area (Å²) in [5.41, 5.74) is 13.5. The maximum atomic E-state index is 6.58. The van der Waals surface area contributed by atoms with E-state index in [0.717, 1.165) is 72.1 Å². The van der Waals surface area contributed by atoms with Gasteiger partial charge in [0.05, 0.1) is 11.4 Å². The molecule has 9 aromatic carbocycles. The Morgan fingerprint density at radius 3 is 1.56 bits per heavy atom. The van der Waals surface area contributed by atoms with E-state index in [9.17, 15) is 0 Å². The number of anilines is 3. The van der Waals surface area contributed by atoms with E-state index < -0.39 is 0 Å². The number of nitrogens with zero attached hydrogens (tertiary/aromatic N) is 1. The lowest BCUT2D eigenvalue weighted by Gasteiger charge is -2.25. The van der Waals surface area contributed by atoms with E-state index in [1.165, 1.54) is 33.0 Å². The third-order valence-electron chi connectivity index (χ3n) is 10.8. The zero-order chi connectivity index (χ0) is 36.3. The van der Waals surface area contributed by atoms with Gasteiger partial charge in [0.2, 0.25) is 0 Å². The van der Waals surface area contributed by atoms with Crippen LogP contribution in [-0.4, -0.2) is 0 Å². The molecular formula is C52H33NO2. The Labute approximate surface area is 317 Å². The van der Waals surface area contributed by atoms with Crippen molar-refractivity contribution in [2.24, 2.45) is 0 Å². The predicted molar refractivity (Wildman–Crippen MR) is 229 cm³/mol. The zero-order valence-electron chi connectivity index (χ0n) is 29.8. The number of rotatable bonds is 6. The molecule has 11 rings (SSSR count). The second-order valence-electron chi connectivity index (χ2n) is 14.1. The monoisotopic (exact) mass is 703 g/mol. The van der Waals surface area contributed by atoms with Crippen LogP contribution in [0.1, 0.15) is 0 Å². The fraction of sp³-hybridized carbons (Fsp3) is 0. The molecule has 3 heteroatoms. The van der Waals surface area contributed by atoms with Crippen LogP contribution in [0.3, 0.4) is 0 Å². The summed E-state index contributed by atoms with van der Waals surface area (Å²) in [6.07, 6.45) is 0. The summed E-state index contributed by atoms with van der Waals surface area (Å²) in [5, 5.41) is 6.90. The molecule has 0 unspecified atom stereocenters. The third-order valence-corrected chi connectivity index (χ3v) is 10.8.